The van der Waals surface area contributed by atoms with Crippen LogP contribution in [0.5, 0.6) is 0 Å². The molecule has 4 heteroatoms. The van der Waals surface area contributed by atoms with Crippen molar-refractivity contribution in [2.75, 3.05) is 19.7 Å². The highest BCUT2D eigenvalue weighted by atomic mass is 16.5. The van der Waals surface area contributed by atoms with Gasteiger partial charge in [-0.05, 0) is 6.92 Å². The number of nitrogens with zero attached hydrogens (tertiary/aromatic N) is 2. The molecule has 1 N–H and O–H groups in total. The van der Waals surface area contributed by atoms with E-state index >= 15 is 0 Å². The van der Waals surface area contributed by atoms with Crippen molar-refractivity contribution in [3.63, 3.8) is 0 Å². The molecule has 0 saturated carbocycles. The number of nitrogens with one attached hydrogen (secondary N) is 1. The molecule has 1 unspecified atom stereocenters. The molecule has 0 aliphatic carbocycles. The third-order valence-corrected chi connectivity index (χ3v) is 2.22. The second-order valence-electron chi connectivity index (χ2n) is 3.13. The first-order valence-corrected chi connectivity index (χ1v) is 4.47. The average Bonchev–Trinajstić information content (AvgIpc) is 2.20. The number of hydrogen-bond acceptors (Lipinski definition) is 4. The van der Waals surface area contributed by atoms with Crippen LogP contribution in [0.1, 0.15) is 17.4 Å². The van der Waals surface area contributed by atoms with Gasteiger partial charge in [0.05, 0.1) is 12.7 Å². The first kappa shape index (κ1) is 8.59. The summed E-state index contributed by atoms with van der Waals surface area (Å²) in [5.74, 6) is 0. The summed E-state index contributed by atoms with van der Waals surface area (Å²) in [6.45, 7) is 4.53. The highest BCUT2D eigenvalue weighted by Gasteiger charge is 2.17. The van der Waals surface area contributed by atoms with Gasteiger partial charge in [-0.3, -0.25) is 0 Å². The van der Waals surface area contributed by atoms with E-state index in [2.05, 4.69) is 15.3 Å². The Morgan fingerprint density at radius 3 is 3.23 bits per heavy atom. The predicted octanol–water partition coefficient (Wildman–Crippen LogP) is 0.446. The highest BCUT2D eigenvalue weighted by molar-refractivity contribution is 5.18. The molecule has 2 rings (SSSR count). The molecule has 1 saturated heterocycles. The van der Waals surface area contributed by atoms with Crippen molar-refractivity contribution in [1.82, 2.24) is 15.3 Å². The zero-order valence-corrected chi connectivity index (χ0v) is 7.66. The van der Waals surface area contributed by atoms with Crippen LogP contribution in [-0.2, 0) is 4.74 Å². The molecule has 1 aromatic heterocycles. The fraction of sp³-hybridized carbons (Fsp3) is 0.556. The van der Waals surface area contributed by atoms with Crippen LogP contribution < -0.4 is 5.32 Å². The monoisotopic (exact) mass is 179 g/mol. The maximum atomic E-state index is 5.60. The molecule has 13 heavy (non-hydrogen) atoms. The topological polar surface area (TPSA) is 47.0 Å². The number of aryl methyl sites for hydroxylation is 1. The van der Waals surface area contributed by atoms with Crippen LogP contribution in [-0.4, -0.2) is 29.7 Å². The first-order chi connectivity index (χ1) is 6.38. The summed E-state index contributed by atoms with van der Waals surface area (Å²) in [6, 6.07) is 0. The van der Waals surface area contributed by atoms with Crippen LogP contribution in [0.2, 0.25) is 0 Å². The minimum absolute atomic E-state index is 0.120. The SMILES string of the molecule is Cc1ncncc1C1CNCCO1. The normalized spacial score (nSPS) is 23.0. The summed E-state index contributed by atoms with van der Waals surface area (Å²) in [7, 11) is 0. The summed E-state index contributed by atoms with van der Waals surface area (Å²) in [4.78, 5) is 8.14. The molecule has 1 atom stereocenters. The van der Waals surface area contributed by atoms with Gasteiger partial charge in [0, 0.05) is 30.5 Å². The highest BCUT2D eigenvalue weighted by Crippen LogP contribution is 2.19. The summed E-state index contributed by atoms with van der Waals surface area (Å²) in [5.41, 5.74) is 2.10. The van der Waals surface area contributed by atoms with E-state index in [9.17, 15) is 0 Å². The maximum Gasteiger partial charge on any atom is 0.115 e. The van der Waals surface area contributed by atoms with Gasteiger partial charge in [-0.15, -0.1) is 0 Å². The van der Waals surface area contributed by atoms with Crippen LogP contribution >= 0.6 is 0 Å². The quantitative estimate of drug-likeness (QED) is 0.679. The first-order valence-electron chi connectivity index (χ1n) is 4.47. The molecular weight excluding hydrogens is 166 g/mol. The maximum absolute atomic E-state index is 5.60. The molecule has 0 aromatic carbocycles. The van der Waals surface area contributed by atoms with Crippen molar-refractivity contribution >= 4 is 0 Å². The molecule has 1 aromatic rings. The average molecular weight is 179 g/mol. The van der Waals surface area contributed by atoms with Gasteiger partial charge >= 0.3 is 0 Å². The smallest absolute Gasteiger partial charge is 0.115 e. The van der Waals surface area contributed by atoms with Gasteiger partial charge in [-0.1, -0.05) is 0 Å². The van der Waals surface area contributed by atoms with Crippen molar-refractivity contribution in [1.29, 1.82) is 0 Å². The standard InChI is InChI=1S/C9H13N3O/c1-7-8(4-11-6-12-7)9-5-10-2-3-13-9/h4,6,9-10H,2-3,5H2,1H3. The molecule has 4 nitrogen and oxygen atoms in total. The van der Waals surface area contributed by atoms with Gasteiger partial charge in [-0.25, -0.2) is 9.97 Å². The molecule has 70 valence electrons. The fourth-order valence-electron chi connectivity index (χ4n) is 1.48. The second kappa shape index (κ2) is 3.81. The van der Waals surface area contributed by atoms with Crippen molar-refractivity contribution in [2.24, 2.45) is 0 Å². The Hall–Kier alpha value is -1.00. The number of hydrogen-bond donors (Lipinski definition) is 1. The molecule has 2 heterocycles. The Morgan fingerprint density at radius 1 is 1.62 bits per heavy atom. The van der Waals surface area contributed by atoms with Gasteiger partial charge < -0.3 is 10.1 Å². The van der Waals surface area contributed by atoms with E-state index in [1.54, 1.807) is 6.33 Å². The Morgan fingerprint density at radius 2 is 2.54 bits per heavy atom. The van der Waals surface area contributed by atoms with Gasteiger partial charge in [-0.2, -0.15) is 0 Å². The summed E-state index contributed by atoms with van der Waals surface area (Å²) < 4.78 is 5.60. The predicted molar refractivity (Wildman–Crippen MR) is 48.3 cm³/mol. The number of morpholine rings is 1. The number of rotatable bonds is 1. The molecule has 1 fully saturated rings. The molecule has 0 amide bonds. The van der Waals surface area contributed by atoms with E-state index in [-0.39, 0.29) is 6.10 Å². The molecular formula is C9H13N3O. The summed E-state index contributed by atoms with van der Waals surface area (Å²) in [6.07, 6.45) is 3.52. The largest absolute Gasteiger partial charge is 0.371 e. The Kier molecular flexibility index (Phi) is 2.52. The van der Waals surface area contributed by atoms with Crippen molar-refractivity contribution in [2.45, 2.75) is 13.0 Å². The minimum atomic E-state index is 0.120. The van der Waals surface area contributed by atoms with E-state index in [4.69, 9.17) is 4.74 Å². The molecule has 0 radical (unpaired) electrons. The third-order valence-electron chi connectivity index (χ3n) is 2.22. The van der Waals surface area contributed by atoms with Crippen LogP contribution in [0.3, 0.4) is 0 Å². The van der Waals surface area contributed by atoms with Crippen LogP contribution in [0.15, 0.2) is 12.5 Å². The van der Waals surface area contributed by atoms with E-state index in [0.717, 1.165) is 31.0 Å². The van der Waals surface area contributed by atoms with Crippen molar-refractivity contribution in [3.05, 3.63) is 23.8 Å². The van der Waals surface area contributed by atoms with E-state index < -0.39 is 0 Å². The van der Waals surface area contributed by atoms with Crippen LogP contribution in [0, 0.1) is 6.92 Å². The Balaban J connectivity index is 2.18. The van der Waals surface area contributed by atoms with Crippen molar-refractivity contribution < 1.29 is 4.74 Å². The lowest BCUT2D eigenvalue weighted by Gasteiger charge is -2.24. The van der Waals surface area contributed by atoms with Crippen LogP contribution in [0.4, 0.5) is 0 Å². The molecule has 0 bridgehead atoms. The molecule has 1 aliphatic rings. The van der Waals surface area contributed by atoms with E-state index in [1.807, 2.05) is 13.1 Å². The summed E-state index contributed by atoms with van der Waals surface area (Å²) >= 11 is 0. The fourth-order valence-corrected chi connectivity index (χ4v) is 1.48. The van der Waals surface area contributed by atoms with Gasteiger partial charge in [0.25, 0.3) is 0 Å². The van der Waals surface area contributed by atoms with Gasteiger partial charge in [0.15, 0.2) is 0 Å². The number of aromatic nitrogens is 2. The van der Waals surface area contributed by atoms with E-state index in [0.29, 0.717) is 0 Å². The zero-order valence-electron chi connectivity index (χ0n) is 7.66. The zero-order chi connectivity index (χ0) is 9.10. The lowest BCUT2D eigenvalue weighted by molar-refractivity contribution is 0.0268. The Bertz CT molecular complexity index is 284. The van der Waals surface area contributed by atoms with E-state index in [1.165, 1.54) is 0 Å². The number of ether oxygens (including phenoxy) is 1. The van der Waals surface area contributed by atoms with Gasteiger partial charge in [0.2, 0.25) is 0 Å². The molecule has 0 spiro atoms. The lowest BCUT2D eigenvalue weighted by atomic mass is 10.1. The second-order valence-corrected chi connectivity index (χ2v) is 3.13. The minimum Gasteiger partial charge on any atom is -0.371 e. The third kappa shape index (κ3) is 1.84. The molecule has 1 aliphatic heterocycles. The lowest BCUT2D eigenvalue weighted by Crippen LogP contribution is -2.33. The summed E-state index contributed by atoms with van der Waals surface area (Å²) in [5, 5.41) is 3.28. The Labute approximate surface area is 77.4 Å². The van der Waals surface area contributed by atoms with Crippen molar-refractivity contribution in [3.8, 4) is 0 Å². The van der Waals surface area contributed by atoms with Gasteiger partial charge in [0.1, 0.15) is 6.33 Å². The van der Waals surface area contributed by atoms with Crippen LogP contribution in [0.25, 0.3) is 0 Å².